The molecule has 0 aliphatic carbocycles. The van der Waals surface area contributed by atoms with E-state index >= 15 is 0 Å². The zero-order chi connectivity index (χ0) is 28.0. The second kappa shape index (κ2) is 11.9. The predicted molar refractivity (Wildman–Crippen MR) is 131 cm³/mol. The number of carboxylic acid groups (broad SMARTS) is 2. The number of ether oxygens (including phenoxy) is 1. The number of nitrogens with zero attached hydrogens (tertiary/aromatic N) is 3. The van der Waals surface area contributed by atoms with E-state index in [4.69, 9.17) is 4.74 Å². The highest BCUT2D eigenvalue weighted by Gasteiger charge is 2.35. The maximum atomic E-state index is 13.3. The topological polar surface area (TPSA) is 164 Å². The summed E-state index contributed by atoms with van der Waals surface area (Å²) < 4.78 is 45.4. The second-order valence-electron chi connectivity index (χ2n) is 7.68. The monoisotopic (exact) mass is 553 g/mol. The lowest BCUT2D eigenvalue weighted by Gasteiger charge is -2.16. The Hall–Kier alpha value is -4.27. The number of aromatic carboxylic acids is 2. The van der Waals surface area contributed by atoms with Gasteiger partial charge in [-0.3, -0.25) is 5.32 Å². The van der Waals surface area contributed by atoms with Crippen LogP contribution in [0.15, 0.2) is 23.8 Å². The second-order valence-corrected chi connectivity index (χ2v) is 8.54. The number of hydrogen-bond acceptors (Lipinski definition) is 8. The standard InChI is InChI=1S/C23H22F3N5O6S/c1-3-5-6-37-18-12(20(32)33)7-11(8-29-18)13-9-28-17(31-22(36)27-4-2)16(21(34)35)15(13)19-30-14(10-38-19)23(24,25)26/h7-10H,3-6H2,1-2H3,(H,32,33)(H,34,35)(H2,27,28,31,36). The van der Waals surface area contributed by atoms with E-state index in [1.54, 1.807) is 6.92 Å². The molecule has 0 aromatic carbocycles. The number of anilines is 1. The third-order valence-electron chi connectivity index (χ3n) is 5.00. The van der Waals surface area contributed by atoms with Gasteiger partial charge in [0.25, 0.3) is 0 Å². The van der Waals surface area contributed by atoms with Gasteiger partial charge in [0.1, 0.15) is 22.0 Å². The average Bonchev–Trinajstić information content (AvgIpc) is 3.35. The fourth-order valence-corrected chi connectivity index (χ4v) is 4.16. The number of unbranched alkanes of at least 4 members (excludes halogenated alkanes) is 1. The first-order valence-corrected chi connectivity index (χ1v) is 12.1. The molecule has 3 aromatic rings. The van der Waals surface area contributed by atoms with Crippen LogP contribution in [0.4, 0.5) is 23.8 Å². The van der Waals surface area contributed by atoms with Crippen molar-refractivity contribution in [2.75, 3.05) is 18.5 Å². The number of aromatic nitrogens is 3. The van der Waals surface area contributed by atoms with Gasteiger partial charge in [-0.05, 0) is 19.4 Å². The summed E-state index contributed by atoms with van der Waals surface area (Å²) in [5, 5.41) is 24.7. The van der Waals surface area contributed by atoms with E-state index < -0.39 is 41.2 Å². The van der Waals surface area contributed by atoms with E-state index in [0.717, 1.165) is 18.7 Å². The van der Waals surface area contributed by atoms with Crippen LogP contribution in [0.1, 0.15) is 53.1 Å². The highest BCUT2D eigenvalue weighted by atomic mass is 32.1. The zero-order valence-electron chi connectivity index (χ0n) is 20.0. The summed E-state index contributed by atoms with van der Waals surface area (Å²) in [6, 6.07) is 0.359. The largest absolute Gasteiger partial charge is 0.478 e. The first-order valence-electron chi connectivity index (χ1n) is 11.2. The molecule has 0 aliphatic rings. The molecule has 0 unspecified atom stereocenters. The Bertz CT molecular complexity index is 1360. The van der Waals surface area contributed by atoms with Crippen molar-refractivity contribution in [3.05, 3.63) is 40.7 Å². The van der Waals surface area contributed by atoms with Crippen molar-refractivity contribution < 1.29 is 42.5 Å². The minimum Gasteiger partial charge on any atom is -0.478 e. The van der Waals surface area contributed by atoms with Gasteiger partial charge >= 0.3 is 24.1 Å². The number of alkyl halides is 3. The van der Waals surface area contributed by atoms with Crippen LogP contribution in [0, 0.1) is 0 Å². The Morgan fingerprint density at radius 2 is 1.84 bits per heavy atom. The molecule has 15 heteroatoms. The molecule has 3 heterocycles. The SMILES string of the molecule is CCCCOc1ncc(-c2cnc(NC(=O)NCC)c(C(=O)O)c2-c2nc(C(F)(F)F)cs2)cc1C(=O)O. The Morgan fingerprint density at radius 3 is 2.42 bits per heavy atom. The first-order chi connectivity index (χ1) is 18.0. The number of urea groups is 1. The van der Waals surface area contributed by atoms with Crippen molar-refractivity contribution in [3.63, 3.8) is 0 Å². The third-order valence-corrected chi connectivity index (χ3v) is 5.86. The number of thiazole rings is 1. The number of amides is 2. The molecule has 0 saturated carbocycles. The van der Waals surface area contributed by atoms with Crippen molar-refractivity contribution in [3.8, 4) is 27.6 Å². The van der Waals surface area contributed by atoms with Crippen LogP contribution in [0.5, 0.6) is 5.88 Å². The normalized spacial score (nSPS) is 11.2. The van der Waals surface area contributed by atoms with Gasteiger partial charge in [0.05, 0.1) is 6.61 Å². The van der Waals surface area contributed by atoms with Gasteiger partial charge in [0.2, 0.25) is 5.88 Å². The van der Waals surface area contributed by atoms with Crippen LogP contribution < -0.4 is 15.4 Å². The molecule has 0 radical (unpaired) electrons. The summed E-state index contributed by atoms with van der Waals surface area (Å²) in [6.45, 7) is 3.95. The molecule has 4 N–H and O–H groups in total. The van der Waals surface area contributed by atoms with Gasteiger partial charge in [-0.1, -0.05) is 13.3 Å². The van der Waals surface area contributed by atoms with Crippen LogP contribution in [0.3, 0.4) is 0 Å². The van der Waals surface area contributed by atoms with E-state index in [1.165, 1.54) is 6.20 Å². The number of carbonyl (C=O) groups is 3. The molecule has 0 fully saturated rings. The Kier molecular flexibility index (Phi) is 8.83. The van der Waals surface area contributed by atoms with E-state index in [1.807, 2.05) is 6.92 Å². The van der Waals surface area contributed by atoms with Gasteiger partial charge < -0.3 is 20.3 Å². The van der Waals surface area contributed by atoms with Crippen LogP contribution in [0.2, 0.25) is 0 Å². The van der Waals surface area contributed by atoms with Crippen LogP contribution >= 0.6 is 11.3 Å². The molecule has 0 atom stereocenters. The summed E-state index contributed by atoms with van der Waals surface area (Å²) in [5.74, 6) is -3.62. The quantitative estimate of drug-likeness (QED) is 0.253. The summed E-state index contributed by atoms with van der Waals surface area (Å²) in [6.07, 6.45) is -1.09. The predicted octanol–water partition coefficient (Wildman–Crippen LogP) is 5.00. The molecule has 38 heavy (non-hydrogen) atoms. The fraction of sp³-hybridized carbons (Fsp3) is 0.304. The lowest BCUT2D eigenvalue weighted by atomic mass is 9.97. The van der Waals surface area contributed by atoms with E-state index in [9.17, 15) is 37.8 Å². The van der Waals surface area contributed by atoms with Crippen molar-refractivity contribution in [1.82, 2.24) is 20.3 Å². The minimum absolute atomic E-state index is 0.0311. The molecule has 0 saturated heterocycles. The van der Waals surface area contributed by atoms with Gasteiger partial charge in [0, 0.05) is 41.0 Å². The van der Waals surface area contributed by atoms with Crippen LogP contribution in [-0.2, 0) is 6.18 Å². The smallest absolute Gasteiger partial charge is 0.434 e. The Labute approximate surface area is 217 Å². The molecule has 0 aliphatic heterocycles. The highest BCUT2D eigenvalue weighted by Crippen LogP contribution is 2.41. The summed E-state index contributed by atoms with van der Waals surface area (Å²) in [7, 11) is 0. The summed E-state index contributed by atoms with van der Waals surface area (Å²) >= 11 is 0.523. The van der Waals surface area contributed by atoms with Crippen LogP contribution in [-0.4, -0.2) is 56.3 Å². The number of nitrogens with one attached hydrogen (secondary N) is 2. The van der Waals surface area contributed by atoms with Crippen molar-refractivity contribution in [2.45, 2.75) is 32.9 Å². The number of carboxylic acids is 2. The lowest BCUT2D eigenvalue weighted by Crippen LogP contribution is -2.29. The van der Waals surface area contributed by atoms with E-state index in [2.05, 4.69) is 25.6 Å². The third kappa shape index (κ3) is 6.34. The Balaban J connectivity index is 2.27. The maximum Gasteiger partial charge on any atom is 0.434 e. The number of carbonyl (C=O) groups excluding carboxylic acids is 1. The lowest BCUT2D eigenvalue weighted by molar-refractivity contribution is -0.140. The highest BCUT2D eigenvalue weighted by molar-refractivity contribution is 7.13. The van der Waals surface area contributed by atoms with Gasteiger partial charge in [-0.15, -0.1) is 11.3 Å². The number of halogens is 3. The molecule has 202 valence electrons. The van der Waals surface area contributed by atoms with Gasteiger partial charge in [-0.25, -0.2) is 29.3 Å². The molecule has 0 spiro atoms. The molecular formula is C23H22F3N5O6S. The molecule has 3 rings (SSSR count). The summed E-state index contributed by atoms with van der Waals surface area (Å²) in [4.78, 5) is 47.9. The van der Waals surface area contributed by atoms with Crippen molar-refractivity contribution in [2.24, 2.45) is 0 Å². The van der Waals surface area contributed by atoms with E-state index in [0.29, 0.717) is 23.1 Å². The van der Waals surface area contributed by atoms with Gasteiger partial charge in [-0.2, -0.15) is 13.2 Å². The minimum atomic E-state index is -4.80. The molecule has 11 nitrogen and oxygen atoms in total. The number of hydrogen-bond donors (Lipinski definition) is 4. The van der Waals surface area contributed by atoms with Gasteiger partial charge in [0.15, 0.2) is 5.69 Å². The molecule has 2 amide bonds. The molecule has 3 aromatic heterocycles. The zero-order valence-corrected chi connectivity index (χ0v) is 20.9. The summed E-state index contributed by atoms with van der Waals surface area (Å²) in [5.41, 5.74) is -2.58. The maximum absolute atomic E-state index is 13.3. The number of pyridine rings is 2. The van der Waals surface area contributed by atoms with Crippen LogP contribution in [0.25, 0.3) is 21.7 Å². The Morgan fingerprint density at radius 1 is 1.11 bits per heavy atom. The van der Waals surface area contributed by atoms with E-state index in [-0.39, 0.29) is 46.3 Å². The molecular weight excluding hydrogens is 531 g/mol. The fourth-order valence-electron chi connectivity index (χ4n) is 3.27. The number of rotatable bonds is 10. The van der Waals surface area contributed by atoms with Crippen molar-refractivity contribution in [1.29, 1.82) is 0 Å². The average molecular weight is 554 g/mol. The van der Waals surface area contributed by atoms with Crippen molar-refractivity contribution >= 4 is 35.1 Å². The first kappa shape index (κ1) is 28.3. The molecule has 0 bridgehead atoms.